The Labute approximate surface area is 172 Å². The van der Waals surface area contributed by atoms with Gasteiger partial charge in [0, 0.05) is 10.2 Å². The second-order valence-corrected chi connectivity index (χ2v) is 6.83. The molecule has 0 bridgehead atoms. The van der Waals surface area contributed by atoms with E-state index in [1.165, 1.54) is 0 Å². The van der Waals surface area contributed by atoms with Crippen molar-refractivity contribution in [3.05, 3.63) is 83.3 Å². The van der Waals surface area contributed by atoms with Gasteiger partial charge in [0.05, 0.1) is 12.2 Å². The number of halogens is 1. The Morgan fingerprint density at radius 3 is 2.29 bits per heavy atom. The predicted molar refractivity (Wildman–Crippen MR) is 115 cm³/mol. The highest BCUT2D eigenvalue weighted by atomic mass is 79.9. The molecule has 6 heteroatoms. The molecule has 3 aromatic carbocycles. The van der Waals surface area contributed by atoms with Crippen molar-refractivity contribution in [2.24, 2.45) is 0 Å². The first-order chi connectivity index (χ1) is 13.7. The Balaban J connectivity index is 1.47. The number of hydrogen-bond donors (Lipinski definition) is 2. The van der Waals surface area contributed by atoms with Crippen molar-refractivity contribution in [1.29, 1.82) is 0 Å². The smallest absolute Gasteiger partial charge is 0.243 e. The fourth-order valence-electron chi connectivity index (χ4n) is 2.47. The molecule has 0 unspecified atom stereocenters. The SMILES string of the molecule is O=C(CNc1ccc(Br)cc1)Nc1ccccc1OCCOc1ccccc1. The van der Waals surface area contributed by atoms with Gasteiger partial charge < -0.3 is 20.1 Å². The second-order valence-electron chi connectivity index (χ2n) is 5.91. The van der Waals surface area contributed by atoms with E-state index in [1.807, 2.05) is 78.9 Å². The molecule has 0 aliphatic carbocycles. The monoisotopic (exact) mass is 440 g/mol. The quantitative estimate of drug-likeness (QED) is 0.461. The lowest BCUT2D eigenvalue weighted by molar-refractivity contribution is -0.114. The van der Waals surface area contributed by atoms with Crippen molar-refractivity contribution in [3.8, 4) is 11.5 Å². The maximum absolute atomic E-state index is 12.3. The minimum atomic E-state index is -0.153. The number of ether oxygens (including phenoxy) is 2. The molecule has 0 spiro atoms. The van der Waals surface area contributed by atoms with Crippen molar-refractivity contribution in [3.63, 3.8) is 0 Å². The third-order valence-corrected chi connectivity index (χ3v) is 4.34. The molecule has 3 aromatic rings. The maximum atomic E-state index is 12.3. The molecule has 144 valence electrons. The first-order valence-corrected chi connectivity index (χ1v) is 9.69. The highest BCUT2D eigenvalue weighted by Crippen LogP contribution is 2.23. The summed E-state index contributed by atoms with van der Waals surface area (Å²) in [6, 6.07) is 24.6. The number of carbonyl (C=O) groups excluding carboxylic acids is 1. The van der Waals surface area contributed by atoms with Crippen molar-refractivity contribution >= 4 is 33.2 Å². The van der Waals surface area contributed by atoms with E-state index in [0.29, 0.717) is 24.7 Å². The fourth-order valence-corrected chi connectivity index (χ4v) is 2.73. The number of benzene rings is 3. The fraction of sp³-hybridized carbons (Fsp3) is 0.136. The first kappa shape index (κ1) is 19.8. The average Bonchev–Trinajstić information content (AvgIpc) is 2.73. The van der Waals surface area contributed by atoms with Crippen LogP contribution in [0.5, 0.6) is 11.5 Å². The molecule has 0 aromatic heterocycles. The number of carbonyl (C=O) groups is 1. The molecule has 0 fully saturated rings. The van der Waals surface area contributed by atoms with Crippen molar-refractivity contribution in [1.82, 2.24) is 0 Å². The van der Waals surface area contributed by atoms with Crippen LogP contribution in [0.3, 0.4) is 0 Å². The highest BCUT2D eigenvalue weighted by Gasteiger charge is 2.08. The Hall–Kier alpha value is -2.99. The van der Waals surface area contributed by atoms with E-state index in [-0.39, 0.29) is 12.5 Å². The van der Waals surface area contributed by atoms with Gasteiger partial charge in [-0.3, -0.25) is 4.79 Å². The summed E-state index contributed by atoms with van der Waals surface area (Å²) >= 11 is 3.39. The molecule has 0 saturated carbocycles. The number of rotatable bonds is 9. The number of hydrogen-bond acceptors (Lipinski definition) is 4. The summed E-state index contributed by atoms with van der Waals surface area (Å²) < 4.78 is 12.4. The lowest BCUT2D eigenvalue weighted by Gasteiger charge is -2.13. The molecule has 3 rings (SSSR count). The second kappa shape index (κ2) is 10.4. The Morgan fingerprint density at radius 2 is 1.50 bits per heavy atom. The van der Waals surface area contributed by atoms with Gasteiger partial charge in [0.25, 0.3) is 0 Å². The normalized spacial score (nSPS) is 10.2. The van der Waals surface area contributed by atoms with Crippen LogP contribution >= 0.6 is 15.9 Å². The standard InChI is InChI=1S/C22H21BrN2O3/c23-17-10-12-18(13-11-17)24-16-22(26)25-20-8-4-5-9-21(20)28-15-14-27-19-6-2-1-3-7-19/h1-13,24H,14-16H2,(H,25,26). The average molecular weight is 441 g/mol. The van der Waals surface area contributed by atoms with Crippen LogP contribution in [0, 0.1) is 0 Å². The van der Waals surface area contributed by atoms with Gasteiger partial charge >= 0.3 is 0 Å². The summed E-state index contributed by atoms with van der Waals surface area (Å²) in [5.41, 5.74) is 1.51. The maximum Gasteiger partial charge on any atom is 0.243 e. The molecule has 28 heavy (non-hydrogen) atoms. The van der Waals surface area contributed by atoms with E-state index in [1.54, 1.807) is 0 Å². The first-order valence-electron chi connectivity index (χ1n) is 8.90. The van der Waals surface area contributed by atoms with E-state index in [0.717, 1.165) is 15.9 Å². The van der Waals surface area contributed by atoms with Crippen LogP contribution in [0.25, 0.3) is 0 Å². The molecule has 2 N–H and O–H groups in total. The largest absolute Gasteiger partial charge is 0.490 e. The topological polar surface area (TPSA) is 59.6 Å². The summed E-state index contributed by atoms with van der Waals surface area (Å²) in [6.45, 7) is 0.948. The van der Waals surface area contributed by atoms with Crippen molar-refractivity contribution in [2.45, 2.75) is 0 Å². The van der Waals surface area contributed by atoms with Gasteiger partial charge in [-0.15, -0.1) is 0 Å². The third-order valence-electron chi connectivity index (χ3n) is 3.81. The van der Waals surface area contributed by atoms with Gasteiger partial charge in [-0.1, -0.05) is 46.3 Å². The zero-order valence-corrected chi connectivity index (χ0v) is 16.8. The van der Waals surface area contributed by atoms with Crippen LogP contribution in [-0.2, 0) is 4.79 Å². The molecule has 5 nitrogen and oxygen atoms in total. The van der Waals surface area contributed by atoms with Crippen LogP contribution in [-0.4, -0.2) is 25.7 Å². The number of para-hydroxylation sites is 3. The summed E-state index contributed by atoms with van der Waals surface area (Å²) in [5, 5.41) is 5.96. The lowest BCUT2D eigenvalue weighted by atomic mass is 10.3. The minimum Gasteiger partial charge on any atom is -0.490 e. The molecular formula is C22H21BrN2O3. The molecule has 0 heterocycles. The highest BCUT2D eigenvalue weighted by molar-refractivity contribution is 9.10. The number of anilines is 2. The van der Waals surface area contributed by atoms with E-state index in [2.05, 4.69) is 26.6 Å². The van der Waals surface area contributed by atoms with Gasteiger partial charge in [-0.25, -0.2) is 0 Å². The van der Waals surface area contributed by atoms with Crippen LogP contribution in [0.15, 0.2) is 83.3 Å². The van der Waals surface area contributed by atoms with Gasteiger partial charge in [0.2, 0.25) is 5.91 Å². The zero-order valence-electron chi connectivity index (χ0n) is 15.2. The van der Waals surface area contributed by atoms with Crippen molar-refractivity contribution in [2.75, 3.05) is 30.4 Å². The lowest BCUT2D eigenvalue weighted by Crippen LogP contribution is -2.22. The van der Waals surface area contributed by atoms with Gasteiger partial charge in [0.1, 0.15) is 24.7 Å². The molecule has 0 radical (unpaired) electrons. The minimum absolute atomic E-state index is 0.153. The number of nitrogens with one attached hydrogen (secondary N) is 2. The molecule has 0 aliphatic rings. The van der Waals surface area contributed by atoms with Crippen LogP contribution in [0.2, 0.25) is 0 Å². The molecule has 0 saturated heterocycles. The summed E-state index contributed by atoms with van der Waals surface area (Å²) in [6.07, 6.45) is 0. The van der Waals surface area contributed by atoms with Gasteiger partial charge in [0.15, 0.2) is 0 Å². The molecule has 0 atom stereocenters. The predicted octanol–water partition coefficient (Wildman–Crippen LogP) is 4.96. The Morgan fingerprint density at radius 1 is 0.821 bits per heavy atom. The summed E-state index contributed by atoms with van der Waals surface area (Å²) in [7, 11) is 0. The molecule has 1 amide bonds. The van der Waals surface area contributed by atoms with E-state index in [4.69, 9.17) is 9.47 Å². The third kappa shape index (κ3) is 6.32. The Bertz CT molecular complexity index is 886. The van der Waals surface area contributed by atoms with Gasteiger partial charge in [-0.2, -0.15) is 0 Å². The summed E-state index contributed by atoms with van der Waals surface area (Å²) in [4.78, 5) is 12.3. The molecule has 0 aliphatic heterocycles. The van der Waals surface area contributed by atoms with E-state index >= 15 is 0 Å². The van der Waals surface area contributed by atoms with Gasteiger partial charge in [-0.05, 0) is 48.5 Å². The zero-order chi connectivity index (χ0) is 19.6. The van der Waals surface area contributed by atoms with Crippen LogP contribution < -0.4 is 20.1 Å². The van der Waals surface area contributed by atoms with E-state index in [9.17, 15) is 4.79 Å². The Kier molecular flexibility index (Phi) is 7.32. The van der Waals surface area contributed by atoms with Crippen molar-refractivity contribution < 1.29 is 14.3 Å². The molecular weight excluding hydrogens is 420 g/mol. The van der Waals surface area contributed by atoms with E-state index < -0.39 is 0 Å². The summed E-state index contributed by atoms with van der Waals surface area (Å²) in [5.74, 6) is 1.25. The van der Waals surface area contributed by atoms with Crippen LogP contribution in [0.4, 0.5) is 11.4 Å². The number of amides is 1. The van der Waals surface area contributed by atoms with Crippen LogP contribution in [0.1, 0.15) is 0 Å².